The Morgan fingerprint density at radius 3 is 2.26 bits per heavy atom. The second kappa shape index (κ2) is 7.73. The van der Waals surface area contributed by atoms with E-state index in [1.807, 2.05) is 13.0 Å². The van der Waals surface area contributed by atoms with Crippen molar-refractivity contribution in [2.45, 2.75) is 13.3 Å². The molecule has 2 N–H and O–H groups in total. The van der Waals surface area contributed by atoms with Gasteiger partial charge in [-0.15, -0.1) is 0 Å². The molecular formula is C12H19N3O3S. The molecule has 0 bridgehead atoms. The number of nitrogens with one attached hydrogen (secondary N) is 2. The number of nitro benzene ring substituents is 1. The van der Waals surface area contributed by atoms with Crippen LogP contribution in [0.4, 0.5) is 17.1 Å². The number of hydrogen-bond donors (Lipinski definition) is 2. The van der Waals surface area contributed by atoms with Crippen molar-refractivity contribution in [1.82, 2.24) is 0 Å². The Bertz CT molecular complexity index is 466. The highest BCUT2D eigenvalue weighted by Crippen LogP contribution is 2.24. The summed E-state index contributed by atoms with van der Waals surface area (Å²) in [7, 11) is -0.876. The maximum absolute atomic E-state index is 11.0. The number of benzene rings is 1. The molecule has 0 aliphatic rings. The third-order valence-electron chi connectivity index (χ3n) is 2.43. The van der Waals surface area contributed by atoms with Crippen LogP contribution in [0.25, 0.3) is 0 Å². The maximum atomic E-state index is 11.0. The van der Waals surface area contributed by atoms with Crippen LogP contribution in [0, 0.1) is 10.1 Å². The quantitative estimate of drug-likeness (QED) is 0.565. The van der Waals surface area contributed by atoms with Crippen LogP contribution in [0.2, 0.25) is 0 Å². The highest BCUT2D eigenvalue weighted by atomic mass is 32.2. The molecule has 7 heteroatoms. The molecule has 1 atom stereocenters. The van der Waals surface area contributed by atoms with Gasteiger partial charge in [0.1, 0.15) is 0 Å². The molecule has 1 aromatic carbocycles. The number of rotatable bonds is 8. The summed E-state index contributed by atoms with van der Waals surface area (Å²) in [5, 5.41) is 17.0. The lowest BCUT2D eigenvalue weighted by Crippen LogP contribution is -2.10. The summed E-state index contributed by atoms with van der Waals surface area (Å²) >= 11 is 0. The molecule has 0 heterocycles. The molecule has 0 saturated carbocycles. The van der Waals surface area contributed by atoms with E-state index in [9.17, 15) is 14.3 Å². The zero-order valence-corrected chi connectivity index (χ0v) is 12.0. The van der Waals surface area contributed by atoms with Gasteiger partial charge in [0.25, 0.3) is 5.69 Å². The Labute approximate surface area is 115 Å². The summed E-state index contributed by atoms with van der Waals surface area (Å²) in [5.41, 5.74) is 1.43. The SMILES string of the molecule is CCCNc1cc(NCCS(C)=O)cc([N+](=O)[O-])c1. The zero-order valence-electron chi connectivity index (χ0n) is 11.1. The van der Waals surface area contributed by atoms with Crippen molar-refractivity contribution >= 4 is 27.9 Å². The van der Waals surface area contributed by atoms with E-state index in [0.29, 0.717) is 18.0 Å². The van der Waals surface area contributed by atoms with Gasteiger partial charge < -0.3 is 10.6 Å². The first kappa shape index (κ1) is 15.4. The first-order valence-electron chi connectivity index (χ1n) is 6.10. The summed E-state index contributed by atoms with van der Waals surface area (Å²) in [6.07, 6.45) is 2.57. The highest BCUT2D eigenvalue weighted by Gasteiger charge is 2.09. The molecule has 1 rings (SSSR count). The van der Waals surface area contributed by atoms with Crippen molar-refractivity contribution in [1.29, 1.82) is 0 Å². The molecule has 106 valence electrons. The largest absolute Gasteiger partial charge is 0.385 e. The Morgan fingerprint density at radius 2 is 1.79 bits per heavy atom. The van der Waals surface area contributed by atoms with Crippen molar-refractivity contribution < 1.29 is 9.13 Å². The fourth-order valence-corrected chi connectivity index (χ4v) is 1.92. The number of anilines is 2. The van der Waals surface area contributed by atoms with Gasteiger partial charge in [0.15, 0.2) is 0 Å². The van der Waals surface area contributed by atoms with Crippen LogP contribution in [0.5, 0.6) is 0 Å². The van der Waals surface area contributed by atoms with Gasteiger partial charge >= 0.3 is 0 Å². The number of nitrogens with zero attached hydrogens (tertiary/aromatic N) is 1. The first-order chi connectivity index (χ1) is 9.02. The summed E-state index contributed by atoms with van der Waals surface area (Å²) < 4.78 is 11.0. The minimum absolute atomic E-state index is 0.0428. The van der Waals surface area contributed by atoms with E-state index in [4.69, 9.17) is 0 Å². The lowest BCUT2D eigenvalue weighted by atomic mass is 10.2. The molecule has 0 radical (unpaired) electrons. The van der Waals surface area contributed by atoms with Crippen LogP contribution >= 0.6 is 0 Å². The van der Waals surface area contributed by atoms with E-state index in [1.54, 1.807) is 6.26 Å². The molecule has 0 aromatic heterocycles. The topological polar surface area (TPSA) is 84.3 Å². The van der Waals surface area contributed by atoms with Crippen LogP contribution < -0.4 is 10.6 Å². The van der Waals surface area contributed by atoms with Gasteiger partial charge in [-0.05, 0) is 12.5 Å². The van der Waals surface area contributed by atoms with Crippen molar-refractivity contribution in [3.05, 3.63) is 28.3 Å². The van der Waals surface area contributed by atoms with Gasteiger partial charge in [0.2, 0.25) is 0 Å². The molecule has 0 aliphatic heterocycles. The Kier molecular flexibility index (Phi) is 6.27. The van der Waals surface area contributed by atoms with Crippen LogP contribution in [-0.4, -0.2) is 34.2 Å². The second-order valence-corrected chi connectivity index (χ2v) is 5.71. The van der Waals surface area contributed by atoms with Gasteiger partial charge in [-0.2, -0.15) is 0 Å². The van der Waals surface area contributed by atoms with E-state index in [-0.39, 0.29) is 5.69 Å². The Balaban J connectivity index is 2.80. The molecule has 0 fully saturated rings. The minimum atomic E-state index is -0.876. The van der Waals surface area contributed by atoms with Crippen LogP contribution in [-0.2, 0) is 10.8 Å². The predicted molar refractivity (Wildman–Crippen MR) is 79.3 cm³/mol. The van der Waals surface area contributed by atoms with Gasteiger partial charge in [0, 0.05) is 59.4 Å². The average Bonchev–Trinajstić information content (AvgIpc) is 2.35. The molecule has 19 heavy (non-hydrogen) atoms. The van der Waals surface area contributed by atoms with Gasteiger partial charge in [-0.1, -0.05) is 6.92 Å². The van der Waals surface area contributed by atoms with E-state index >= 15 is 0 Å². The highest BCUT2D eigenvalue weighted by molar-refractivity contribution is 7.84. The standard InChI is InChI=1S/C12H19N3O3S/c1-3-4-13-10-7-11(14-5-6-19(2)18)9-12(8-10)15(16)17/h7-9,13-14H,3-6H2,1-2H3. The van der Waals surface area contributed by atoms with Crippen molar-refractivity contribution in [3.8, 4) is 0 Å². The predicted octanol–water partition coefficient (Wildman–Crippen LogP) is 2.21. The maximum Gasteiger partial charge on any atom is 0.273 e. The van der Waals surface area contributed by atoms with Gasteiger partial charge in [-0.3, -0.25) is 14.3 Å². The average molecular weight is 285 g/mol. The number of nitro groups is 1. The van der Waals surface area contributed by atoms with E-state index in [2.05, 4.69) is 10.6 Å². The molecule has 6 nitrogen and oxygen atoms in total. The summed E-state index contributed by atoms with van der Waals surface area (Å²) in [6.45, 7) is 3.32. The molecule has 0 aliphatic carbocycles. The van der Waals surface area contributed by atoms with Crippen LogP contribution in [0.3, 0.4) is 0 Å². The van der Waals surface area contributed by atoms with Crippen molar-refractivity contribution in [2.24, 2.45) is 0 Å². The number of non-ortho nitro benzene ring substituents is 1. The summed E-state index contributed by atoms with van der Waals surface area (Å²) in [6, 6.07) is 4.82. The molecule has 1 aromatic rings. The van der Waals surface area contributed by atoms with Crippen molar-refractivity contribution in [2.75, 3.05) is 35.7 Å². The third-order valence-corrected chi connectivity index (χ3v) is 3.21. The molecule has 0 saturated heterocycles. The van der Waals surface area contributed by atoms with Crippen LogP contribution in [0.1, 0.15) is 13.3 Å². The Morgan fingerprint density at radius 1 is 1.21 bits per heavy atom. The minimum Gasteiger partial charge on any atom is -0.385 e. The smallest absolute Gasteiger partial charge is 0.273 e. The molecule has 0 spiro atoms. The van der Waals surface area contributed by atoms with E-state index in [0.717, 1.165) is 18.7 Å². The summed E-state index contributed by atoms with van der Waals surface area (Å²) in [4.78, 5) is 10.4. The molecular weight excluding hydrogens is 266 g/mol. The van der Waals surface area contributed by atoms with E-state index in [1.165, 1.54) is 12.1 Å². The molecule has 1 unspecified atom stereocenters. The van der Waals surface area contributed by atoms with Crippen LogP contribution in [0.15, 0.2) is 18.2 Å². The summed E-state index contributed by atoms with van der Waals surface area (Å²) in [5.74, 6) is 0.514. The fraction of sp³-hybridized carbons (Fsp3) is 0.500. The first-order valence-corrected chi connectivity index (χ1v) is 7.83. The molecule has 0 amide bonds. The monoisotopic (exact) mass is 285 g/mol. The fourth-order valence-electron chi connectivity index (χ4n) is 1.53. The van der Waals surface area contributed by atoms with Crippen molar-refractivity contribution in [3.63, 3.8) is 0 Å². The Hall–Kier alpha value is -1.63. The number of hydrogen-bond acceptors (Lipinski definition) is 5. The van der Waals surface area contributed by atoms with Gasteiger partial charge in [-0.25, -0.2) is 0 Å². The van der Waals surface area contributed by atoms with Gasteiger partial charge in [0.05, 0.1) is 4.92 Å². The normalized spacial score (nSPS) is 11.9. The van der Waals surface area contributed by atoms with E-state index < -0.39 is 15.7 Å². The third kappa shape index (κ3) is 5.69. The second-order valence-electron chi connectivity index (χ2n) is 4.16. The zero-order chi connectivity index (χ0) is 14.3. The lowest BCUT2D eigenvalue weighted by molar-refractivity contribution is -0.384. The lowest BCUT2D eigenvalue weighted by Gasteiger charge is -2.09.